The van der Waals surface area contributed by atoms with Crippen molar-refractivity contribution in [2.75, 3.05) is 21.3 Å². The Morgan fingerprint density at radius 2 is 1.80 bits per heavy atom. The van der Waals surface area contributed by atoms with Crippen molar-refractivity contribution in [3.05, 3.63) is 53.2 Å². The van der Waals surface area contributed by atoms with Gasteiger partial charge in [-0.05, 0) is 23.9 Å². The molecule has 1 N–H and O–H groups in total. The van der Waals surface area contributed by atoms with Gasteiger partial charge in [0.2, 0.25) is 0 Å². The highest BCUT2D eigenvalue weighted by molar-refractivity contribution is 5.98. The molecule has 3 rings (SSSR count). The number of nitrogens with one attached hydrogen (secondary N) is 1. The lowest BCUT2D eigenvalue weighted by Crippen LogP contribution is -2.46. The molecular weight excluding hydrogens is 320 g/mol. The maximum atomic E-state index is 12.4. The van der Waals surface area contributed by atoms with Crippen LogP contribution in [0.3, 0.4) is 0 Å². The van der Waals surface area contributed by atoms with E-state index in [1.165, 1.54) is 12.0 Å². The molecule has 1 heterocycles. The van der Waals surface area contributed by atoms with E-state index in [4.69, 9.17) is 9.47 Å². The van der Waals surface area contributed by atoms with Crippen molar-refractivity contribution in [1.29, 1.82) is 0 Å². The predicted octanol–water partition coefficient (Wildman–Crippen LogP) is 2.99. The minimum Gasteiger partial charge on any atom is -0.496 e. The van der Waals surface area contributed by atoms with Crippen LogP contribution in [0.2, 0.25) is 0 Å². The third kappa shape index (κ3) is 2.69. The Kier molecular flexibility index (Phi) is 4.35. The lowest BCUT2D eigenvalue weighted by molar-refractivity contribution is -0.136. The van der Waals surface area contributed by atoms with Crippen molar-refractivity contribution in [1.82, 2.24) is 10.2 Å². The molecule has 0 fully saturated rings. The second-order valence-corrected chi connectivity index (χ2v) is 5.83. The Morgan fingerprint density at radius 3 is 2.44 bits per heavy atom. The van der Waals surface area contributed by atoms with Crippen molar-refractivity contribution < 1.29 is 19.1 Å². The minimum absolute atomic E-state index is 0.268. The van der Waals surface area contributed by atoms with Crippen LogP contribution in [0, 0.1) is 0 Å². The van der Waals surface area contributed by atoms with Gasteiger partial charge in [0.1, 0.15) is 5.75 Å². The zero-order valence-electron chi connectivity index (χ0n) is 14.6. The third-order valence-electron chi connectivity index (χ3n) is 4.61. The number of amides is 2. The van der Waals surface area contributed by atoms with Crippen LogP contribution in [0.4, 0.5) is 4.79 Å². The molecule has 0 aliphatic carbocycles. The fourth-order valence-corrected chi connectivity index (χ4v) is 3.17. The number of rotatable bonds is 3. The number of carbonyl (C=O) groups excluding carboxylic acids is 2. The molecule has 1 aliphatic heterocycles. The summed E-state index contributed by atoms with van der Waals surface area (Å²) in [5.74, 6) is 0.271. The zero-order valence-corrected chi connectivity index (χ0v) is 14.6. The first-order valence-corrected chi connectivity index (χ1v) is 7.88. The molecule has 0 unspecified atom stereocenters. The normalized spacial score (nSPS) is 17.5. The number of esters is 1. The molecule has 6 nitrogen and oxygen atoms in total. The topological polar surface area (TPSA) is 67.9 Å². The first-order chi connectivity index (χ1) is 12.0. The van der Waals surface area contributed by atoms with E-state index in [9.17, 15) is 9.59 Å². The number of urea groups is 1. The van der Waals surface area contributed by atoms with E-state index in [0.29, 0.717) is 11.3 Å². The zero-order chi connectivity index (χ0) is 18.1. The van der Waals surface area contributed by atoms with Gasteiger partial charge < -0.3 is 19.7 Å². The number of ether oxygens (including phenoxy) is 2. The van der Waals surface area contributed by atoms with Crippen LogP contribution in [0.25, 0.3) is 10.8 Å². The van der Waals surface area contributed by atoms with Gasteiger partial charge in [0.25, 0.3) is 0 Å². The van der Waals surface area contributed by atoms with Crippen molar-refractivity contribution in [2.24, 2.45) is 0 Å². The molecule has 0 saturated heterocycles. The van der Waals surface area contributed by atoms with E-state index in [2.05, 4.69) is 5.32 Å². The number of hydrogen-bond acceptors (Lipinski definition) is 4. The Bertz CT molecular complexity index is 888. The number of carbonyl (C=O) groups is 2. The van der Waals surface area contributed by atoms with E-state index in [1.807, 2.05) is 36.4 Å². The minimum atomic E-state index is -0.591. The van der Waals surface area contributed by atoms with Crippen LogP contribution in [-0.2, 0) is 9.53 Å². The summed E-state index contributed by atoms with van der Waals surface area (Å²) >= 11 is 0. The van der Waals surface area contributed by atoms with E-state index in [0.717, 1.165) is 22.1 Å². The van der Waals surface area contributed by atoms with Gasteiger partial charge in [-0.15, -0.1) is 0 Å². The van der Waals surface area contributed by atoms with Gasteiger partial charge in [-0.1, -0.05) is 30.3 Å². The molecule has 0 aromatic heterocycles. The van der Waals surface area contributed by atoms with Crippen molar-refractivity contribution in [3.8, 4) is 5.75 Å². The summed E-state index contributed by atoms with van der Waals surface area (Å²) in [6.07, 6.45) is 0. The predicted molar refractivity (Wildman–Crippen MR) is 94.3 cm³/mol. The molecule has 0 spiro atoms. The number of hydrogen-bond donors (Lipinski definition) is 1. The molecule has 130 valence electrons. The van der Waals surface area contributed by atoms with E-state index >= 15 is 0 Å². The Balaban J connectivity index is 2.26. The Hall–Kier alpha value is -3.02. The second-order valence-electron chi connectivity index (χ2n) is 5.83. The lowest BCUT2D eigenvalue weighted by atomic mass is 9.91. The molecule has 25 heavy (non-hydrogen) atoms. The number of allylic oxidation sites excluding steroid dienone is 1. The summed E-state index contributed by atoms with van der Waals surface area (Å²) in [5, 5.41) is 4.72. The average Bonchev–Trinajstić information content (AvgIpc) is 2.64. The van der Waals surface area contributed by atoms with Gasteiger partial charge in [0.05, 0.1) is 25.8 Å². The second kappa shape index (κ2) is 6.47. The molecular formula is C19H20N2O4. The summed E-state index contributed by atoms with van der Waals surface area (Å²) in [4.78, 5) is 26.1. The molecule has 2 aromatic carbocycles. The van der Waals surface area contributed by atoms with Gasteiger partial charge in [-0.25, -0.2) is 9.59 Å². The Morgan fingerprint density at radius 1 is 1.12 bits per heavy atom. The number of fused-ring (bicyclic) bond motifs is 1. The van der Waals surface area contributed by atoms with Gasteiger partial charge in [0.15, 0.2) is 0 Å². The molecule has 2 aromatic rings. The van der Waals surface area contributed by atoms with E-state index in [1.54, 1.807) is 21.1 Å². The number of nitrogens with zero attached hydrogens (tertiary/aromatic N) is 1. The van der Waals surface area contributed by atoms with Crippen molar-refractivity contribution in [3.63, 3.8) is 0 Å². The first-order valence-electron chi connectivity index (χ1n) is 7.88. The third-order valence-corrected chi connectivity index (χ3v) is 4.61. The standard InChI is InChI=1S/C19H20N2O4/c1-11-16(18(22)25-4)17(20-19(23)21(11)2)14-9-10-15(24-3)13-8-6-5-7-12(13)14/h5-10,17H,1-4H3,(H,20,23)/t17-/m0/s1. The molecule has 0 bridgehead atoms. The Labute approximate surface area is 146 Å². The number of benzene rings is 2. The molecule has 6 heteroatoms. The summed E-state index contributed by atoms with van der Waals surface area (Å²) in [7, 11) is 4.57. The van der Waals surface area contributed by atoms with Crippen LogP contribution >= 0.6 is 0 Å². The van der Waals surface area contributed by atoms with Gasteiger partial charge in [0, 0.05) is 18.1 Å². The van der Waals surface area contributed by atoms with Crippen LogP contribution in [0.1, 0.15) is 18.5 Å². The molecule has 0 radical (unpaired) electrons. The fraction of sp³-hybridized carbons (Fsp3) is 0.263. The van der Waals surface area contributed by atoms with Crippen molar-refractivity contribution in [2.45, 2.75) is 13.0 Å². The highest BCUT2D eigenvalue weighted by Crippen LogP contribution is 2.37. The molecule has 0 saturated carbocycles. The number of methoxy groups -OCH3 is 2. The molecule has 2 amide bonds. The maximum Gasteiger partial charge on any atom is 0.337 e. The summed E-state index contributed by atoms with van der Waals surface area (Å²) < 4.78 is 10.4. The summed E-state index contributed by atoms with van der Waals surface area (Å²) in [5.41, 5.74) is 1.80. The van der Waals surface area contributed by atoms with Crippen molar-refractivity contribution >= 4 is 22.8 Å². The fourth-order valence-electron chi connectivity index (χ4n) is 3.17. The highest BCUT2D eigenvalue weighted by Gasteiger charge is 2.35. The molecule has 1 atom stereocenters. The van der Waals surface area contributed by atoms with Crippen LogP contribution < -0.4 is 10.1 Å². The smallest absolute Gasteiger partial charge is 0.337 e. The first kappa shape index (κ1) is 16.8. The summed E-state index contributed by atoms with van der Waals surface area (Å²) in [6, 6.07) is 10.6. The molecule has 1 aliphatic rings. The average molecular weight is 340 g/mol. The quantitative estimate of drug-likeness (QED) is 0.872. The largest absolute Gasteiger partial charge is 0.496 e. The van der Waals surface area contributed by atoms with E-state index < -0.39 is 12.0 Å². The van der Waals surface area contributed by atoms with Gasteiger partial charge in [-0.3, -0.25) is 0 Å². The SMILES string of the molecule is COC(=O)C1=C(C)N(C)C(=O)N[C@H]1c1ccc(OC)c2ccccc12. The maximum absolute atomic E-state index is 12.4. The van der Waals surface area contributed by atoms with Gasteiger partial charge in [-0.2, -0.15) is 0 Å². The van der Waals surface area contributed by atoms with E-state index in [-0.39, 0.29) is 6.03 Å². The van der Waals surface area contributed by atoms with Crippen LogP contribution in [-0.4, -0.2) is 38.2 Å². The lowest BCUT2D eigenvalue weighted by Gasteiger charge is -2.33. The van der Waals surface area contributed by atoms with Crippen LogP contribution in [0.5, 0.6) is 5.75 Å². The van der Waals surface area contributed by atoms with Crippen LogP contribution in [0.15, 0.2) is 47.7 Å². The monoisotopic (exact) mass is 340 g/mol. The van der Waals surface area contributed by atoms with Gasteiger partial charge >= 0.3 is 12.0 Å². The summed E-state index contributed by atoms with van der Waals surface area (Å²) in [6.45, 7) is 1.74. The highest BCUT2D eigenvalue weighted by atomic mass is 16.5.